The Morgan fingerprint density at radius 1 is 1.24 bits per heavy atom. The zero-order valence-electron chi connectivity index (χ0n) is 10.2. The van der Waals surface area contributed by atoms with Crippen molar-refractivity contribution in [3.8, 4) is 0 Å². The summed E-state index contributed by atoms with van der Waals surface area (Å²) in [7, 11) is 0. The van der Waals surface area contributed by atoms with Gasteiger partial charge in [-0.2, -0.15) is 5.10 Å². The number of thiocarbonyl (C=S) groups is 1. The third-order valence-electron chi connectivity index (χ3n) is 4.96. The highest BCUT2D eigenvalue weighted by atomic mass is 32.1. The number of hydrogen-bond acceptors (Lipinski definition) is 2. The van der Waals surface area contributed by atoms with Crippen molar-refractivity contribution < 1.29 is 0 Å². The first-order valence-corrected chi connectivity index (χ1v) is 7.13. The zero-order valence-corrected chi connectivity index (χ0v) is 11.0. The van der Waals surface area contributed by atoms with Crippen molar-refractivity contribution in [1.29, 1.82) is 0 Å². The molecular weight excluding hydrogens is 230 g/mol. The van der Waals surface area contributed by atoms with E-state index in [0.717, 1.165) is 24.2 Å². The van der Waals surface area contributed by atoms with E-state index in [1.165, 1.54) is 38.5 Å². The topological polar surface area (TPSA) is 50.4 Å². The van der Waals surface area contributed by atoms with Gasteiger partial charge in [-0.05, 0) is 80.3 Å². The second-order valence-electron chi connectivity index (χ2n) is 6.41. The largest absolute Gasteiger partial charge is 0.375 e. The Bertz CT molecular complexity index is 315. The van der Waals surface area contributed by atoms with Crippen LogP contribution in [0.3, 0.4) is 0 Å². The van der Waals surface area contributed by atoms with E-state index in [2.05, 4.69) is 10.5 Å². The fraction of sp³-hybridized carbons (Fsp3) is 0.846. The molecule has 4 fully saturated rings. The highest BCUT2D eigenvalue weighted by Gasteiger charge is 2.50. The first kappa shape index (κ1) is 11.5. The van der Waals surface area contributed by atoms with Crippen molar-refractivity contribution in [1.82, 2.24) is 5.43 Å². The average Bonchev–Trinajstić information content (AvgIpc) is 2.22. The Morgan fingerprint density at radius 2 is 1.76 bits per heavy atom. The molecule has 0 aromatic heterocycles. The zero-order chi connectivity index (χ0) is 11.9. The quantitative estimate of drug-likeness (QED) is 0.460. The molecule has 0 aliphatic heterocycles. The molecule has 4 rings (SSSR count). The third-order valence-corrected chi connectivity index (χ3v) is 5.05. The van der Waals surface area contributed by atoms with Gasteiger partial charge in [0.15, 0.2) is 5.11 Å². The molecular formula is C13H21N3S. The molecule has 17 heavy (non-hydrogen) atoms. The highest BCUT2D eigenvalue weighted by Crippen LogP contribution is 2.61. The summed E-state index contributed by atoms with van der Waals surface area (Å²) in [4.78, 5) is 0. The van der Waals surface area contributed by atoms with Crippen LogP contribution in [0.5, 0.6) is 0 Å². The highest BCUT2D eigenvalue weighted by molar-refractivity contribution is 7.80. The molecule has 4 aliphatic rings. The van der Waals surface area contributed by atoms with E-state index in [4.69, 9.17) is 18.0 Å². The predicted molar refractivity (Wildman–Crippen MR) is 73.6 cm³/mol. The molecule has 94 valence electrons. The summed E-state index contributed by atoms with van der Waals surface area (Å²) < 4.78 is 0. The molecule has 0 spiro atoms. The standard InChI is InChI=1S/C13H21N3S/c14-12(17)16-15-2-1-13-6-9-3-10(7-13)5-11(4-9)8-13/h2,9-11H,1,3-8H2,(H3,14,16,17)/b15-2+. The van der Waals surface area contributed by atoms with Crippen LogP contribution in [0.4, 0.5) is 0 Å². The lowest BCUT2D eigenvalue weighted by Gasteiger charge is -2.56. The van der Waals surface area contributed by atoms with Crippen LogP contribution >= 0.6 is 12.2 Å². The average molecular weight is 251 g/mol. The van der Waals surface area contributed by atoms with Crippen LogP contribution in [-0.4, -0.2) is 11.3 Å². The van der Waals surface area contributed by atoms with Crippen LogP contribution in [0.25, 0.3) is 0 Å². The van der Waals surface area contributed by atoms with Gasteiger partial charge >= 0.3 is 0 Å². The first-order chi connectivity index (χ1) is 8.15. The van der Waals surface area contributed by atoms with Gasteiger partial charge in [-0.25, -0.2) is 0 Å². The number of rotatable bonds is 3. The van der Waals surface area contributed by atoms with Crippen molar-refractivity contribution in [2.75, 3.05) is 0 Å². The van der Waals surface area contributed by atoms with E-state index in [0.29, 0.717) is 5.41 Å². The lowest BCUT2D eigenvalue weighted by atomic mass is 9.49. The van der Waals surface area contributed by atoms with E-state index in [1.54, 1.807) is 0 Å². The molecule has 4 heteroatoms. The molecule has 4 bridgehead atoms. The monoisotopic (exact) mass is 251 g/mol. The first-order valence-electron chi connectivity index (χ1n) is 6.72. The lowest BCUT2D eigenvalue weighted by Crippen LogP contribution is -2.46. The van der Waals surface area contributed by atoms with Crippen molar-refractivity contribution in [3.63, 3.8) is 0 Å². The summed E-state index contributed by atoms with van der Waals surface area (Å²) >= 11 is 4.73. The Morgan fingerprint density at radius 3 is 2.24 bits per heavy atom. The fourth-order valence-corrected chi connectivity index (χ4v) is 4.94. The molecule has 4 aliphatic carbocycles. The fourth-order valence-electron chi connectivity index (χ4n) is 4.89. The normalized spacial score (nSPS) is 43.2. The van der Waals surface area contributed by atoms with Gasteiger partial charge in [0.1, 0.15) is 0 Å². The molecule has 0 unspecified atom stereocenters. The summed E-state index contributed by atoms with van der Waals surface area (Å²) in [5.74, 6) is 3.04. The van der Waals surface area contributed by atoms with Crippen molar-refractivity contribution in [2.45, 2.75) is 44.9 Å². The summed E-state index contributed by atoms with van der Waals surface area (Å²) in [6.45, 7) is 0. The summed E-state index contributed by atoms with van der Waals surface area (Å²) in [5, 5.41) is 4.36. The van der Waals surface area contributed by atoms with Crippen molar-refractivity contribution >= 4 is 23.5 Å². The Labute approximate surface area is 108 Å². The smallest absolute Gasteiger partial charge is 0.184 e. The van der Waals surface area contributed by atoms with Crippen LogP contribution in [0.2, 0.25) is 0 Å². The molecule has 0 saturated heterocycles. The van der Waals surface area contributed by atoms with Gasteiger partial charge in [0.2, 0.25) is 0 Å². The Hall–Kier alpha value is -0.640. The third kappa shape index (κ3) is 2.32. The van der Waals surface area contributed by atoms with Gasteiger partial charge < -0.3 is 5.73 Å². The maximum atomic E-state index is 5.35. The van der Waals surface area contributed by atoms with Crippen LogP contribution in [0.15, 0.2) is 5.10 Å². The number of nitrogens with zero attached hydrogens (tertiary/aromatic N) is 1. The minimum Gasteiger partial charge on any atom is -0.375 e. The van der Waals surface area contributed by atoms with E-state index in [9.17, 15) is 0 Å². The maximum absolute atomic E-state index is 5.35. The van der Waals surface area contributed by atoms with E-state index in [1.807, 2.05) is 6.21 Å². The van der Waals surface area contributed by atoms with Gasteiger partial charge in [-0.1, -0.05) is 0 Å². The minimum atomic E-state index is 0.256. The van der Waals surface area contributed by atoms with E-state index >= 15 is 0 Å². The number of nitrogens with one attached hydrogen (secondary N) is 1. The molecule has 0 radical (unpaired) electrons. The number of nitrogens with two attached hydrogens (primary N) is 1. The van der Waals surface area contributed by atoms with Crippen molar-refractivity contribution in [3.05, 3.63) is 0 Å². The summed E-state index contributed by atoms with van der Waals surface area (Å²) in [6.07, 6.45) is 11.9. The molecule has 0 heterocycles. The van der Waals surface area contributed by atoms with Crippen LogP contribution in [0, 0.1) is 23.2 Å². The number of hydrazone groups is 1. The predicted octanol–water partition coefficient (Wildman–Crippen LogP) is 2.41. The van der Waals surface area contributed by atoms with E-state index in [-0.39, 0.29) is 5.11 Å². The minimum absolute atomic E-state index is 0.256. The number of hydrogen-bond donors (Lipinski definition) is 2. The second kappa shape index (κ2) is 4.23. The summed E-state index contributed by atoms with van der Waals surface area (Å²) in [6, 6.07) is 0. The second-order valence-corrected chi connectivity index (χ2v) is 6.85. The maximum Gasteiger partial charge on any atom is 0.184 e. The Balaban J connectivity index is 1.62. The van der Waals surface area contributed by atoms with Gasteiger partial charge in [-0.15, -0.1) is 0 Å². The van der Waals surface area contributed by atoms with E-state index < -0.39 is 0 Å². The lowest BCUT2D eigenvalue weighted by molar-refractivity contribution is -0.0476. The molecule has 0 amide bonds. The van der Waals surface area contributed by atoms with Crippen LogP contribution < -0.4 is 11.2 Å². The Kier molecular flexibility index (Phi) is 2.85. The SMILES string of the molecule is NC(=S)N/N=C/CC12CC3CC(CC(C3)C1)C2. The molecule has 3 N–H and O–H groups in total. The van der Waals surface area contributed by atoms with Gasteiger partial charge in [-0.3, -0.25) is 5.43 Å². The van der Waals surface area contributed by atoms with Gasteiger partial charge in [0, 0.05) is 6.21 Å². The van der Waals surface area contributed by atoms with Crippen LogP contribution in [0.1, 0.15) is 44.9 Å². The van der Waals surface area contributed by atoms with Crippen molar-refractivity contribution in [2.24, 2.45) is 34.0 Å². The van der Waals surface area contributed by atoms with Gasteiger partial charge in [0.05, 0.1) is 0 Å². The summed E-state index contributed by atoms with van der Waals surface area (Å²) in [5.41, 5.74) is 8.57. The molecule has 0 aromatic rings. The van der Waals surface area contributed by atoms with Gasteiger partial charge in [0.25, 0.3) is 0 Å². The molecule has 0 atom stereocenters. The van der Waals surface area contributed by atoms with Crippen LogP contribution in [-0.2, 0) is 0 Å². The molecule has 0 aromatic carbocycles. The molecule has 4 saturated carbocycles. The molecule has 3 nitrogen and oxygen atoms in total.